The first-order chi connectivity index (χ1) is 10.1. The molecule has 0 radical (unpaired) electrons. The van der Waals surface area contributed by atoms with Crippen molar-refractivity contribution >= 4 is 5.78 Å². The Morgan fingerprint density at radius 2 is 1.50 bits per heavy atom. The molecule has 0 aromatic carbocycles. The Morgan fingerprint density at radius 3 is 1.82 bits per heavy atom. The molecule has 0 aromatic rings. The van der Waals surface area contributed by atoms with E-state index in [0.29, 0.717) is 0 Å². The molecule has 0 saturated carbocycles. The van der Waals surface area contributed by atoms with Crippen LogP contribution in [-0.2, 0) is 4.79 Å². The second-order valence-corrected chi connectivity index (χ2v) is 7.29. The first-order valence-electron chi connectivity index (χ1n) is 8.29. The van der Waals surface area contributed by atoms with Crippen LogP contribution in [0.2, 0.25) is 0 Å². The van der Waals surface area contributed by atoms with Gasteiger partial charge in [-0.25, -0.2) is 0 Å². The molecule has 3 heteroatoms. The Balaban J connectivity index is 3.29. The van der Waals surface area contributed by atoms with E-state index in [1.165, 1.54) is 5.06 Å². The lowest BCUT2D eigenvalue weighted by atomic mass is 9.80. The van der Waals surface area contributed by atoms with Crippen LogP contribution in [-0.4, -0.2) is 21.6 Å². The SMILES string of the molecule is CCC(C)C1=CC(=CN(O)C(C)(C)C)C=C(C(C)CC)C1=O. The van der Waals surface area contributed by atoms with Crippen LogP contribution in [0.3, 0.4) is 0 Å². The van der Waals surface area contributed by atoms with Gasteiger partial charge in [-0.1, -0.05) is 27.7 Å². The molecule has 1 N–H and O–H groups in total. The van der Waals surface area contributed by atoms with E-state index >= 15 is 0 Å². The van der Waals surface area contributed by atoms with Gasteiger partial charge in [0, 0.05) is 17.3 Å². The van der Waals surface area contributed by atoms with Gasteiger partial charge in [-0.15, -0.1) is 0 Å². The van der Waals surface area contributed by atoms with Crippen LogP contribution in [0, 0.1) is 11.8 Å². The van der Waals surface area contributed by atoms with Crippen molar-refractivity contribution in [2.24, 2.45) is 11.8 Å². The number of hydrogen-bond donors (Lipinski definition) is 1. The smallest absolute Gasteiger partial charge is 0.185 e. The van der Waals surface area contributed by atoms with Gasteiger partial charge in [0.1, 0.15) is 0 Å². The quantitative estimate of drug-likeness (QED) is 0.735. The zero-order valence-corrected chi connectivity index (χ0v) is 15.1. The monoisotopic (exact) mass is 305 g/mol. The molecule has 0 heterocycles. The first kappa shape index (κ1) is 18.7. The van der Waals surface area contributed by atoms with Crippen molar-refractivity contribution in [3.63, 3.8) is 0 Å². The number of allylic oxidation sites excluding steroid dienone is 5. The Kier molecular flexibility index (Phi) is 6.18. The first-order valence-corrected chi connectivity index (χ1v) is 8.29. The molecule has 0 bridgehead atoms. The predicted octanol–water partition coefficient (Wildman–Crippen LogP) is 4.89. The van der Waals surface area contributed by atoms with Crippen molar-refractivity contribution in [2.75, 3.05) is 0 Å². The van der Waals surface area contributed by atoms with E-state index in [1.807, 2.05) is 32.9 Å². The Morgan fingerprint density at radius 1 is 1.09 bits per heavy atom. The van der Waals surface area contributed by atoms with E-state index in [0.717, 1.165) is 29.6 Å². The minimum absolute atomic E-state index is 0.168. The Hall–Kier alpha value is -1.35. The maximum atomic E-state index is 12.7. The van der Waals surface area contributed by atoms with Crippen LogP contribution in [0.5, 0.6) is 0 Å². The van der Waals surface area contributed by atoms with Crippen LogP contribution in [0.4, 0.5) is 0 Å². The molecule has 2 atom stereocenters. The average Bonchev–Trinajstić information content (AvgIpc) is 2.46. The van der Waals surface area contributed by atoms with Crippen molar-refractivity contribution in [1.29, 1.82) is 0 Å². The minimum atomic E-state index is -0.372. The minimum Gasteiger partial charge on any atom is -0.289 e. The van der Waals surface area contributed by atoms with E-state index in [9.17, 15) is 10.0 Å². The molecule has 0 spiro atoms. The van der Waals surface area contributed by atoms with Crippen molar-refractivity contribution in [2.45, 2.75) is 66.8 Å². The zero-order chi connectivity index (χ0) is 17.1. The Bertz CT molecular complexity index is 474. The summed E-state index contributed by atoms with van der Waals surface area (Å²) in [6.45, 7) is 14.2. The van der Waals surface area contributed by atoms with Crippen LogP contribution in [0.15, 0.2) is 35.1 Å². The van der Waals surface area contributed by atoms with Gasteiger partial charge in [0.15, 0.2) is 5.78 Å². The van der Waals surface area contributed by atoms with Gasteiger partial charge in [0.25, 0.3) is 0 Å². The molecule has 0 aliphatic heterocycles. The molecule has 3 nitrogen and oxygen atoms in total. The second-order valence-electron chi connectivity index (χ2n) is 7.29. The highest BCUT2D eigenvalue weighted by atomic mass is 16.5. The van der Waals surface area contributed by atoms with E-state index < -0.39 is 0 Å². The number of ketones is 1. The molecule has 0 saturated heterocycles. The van der Waals surface area contributed by atoms with Crippen LogP contribution in [0.25, 0.3) is 0 Å². The van der Waals surface area contributed by atoms with Crippen molar-refractivity contribution in [1.82, 2.24) is 5.06 Å². The second kappa shape index (κ2) is 7.28. The van der Waals surface area contributed by atoms with Gasteiger partial charge < -0.3 is 0 Å². The molecule has 22 heavy (non-hydrogen) atoms. The fourth-order valence-electron chi connectivity index (χ4n) is 2.28. The lowest BCUT2D eigenvalue weighted by Crippen LogP contribution is -2.34. The average molecular weight is 305 g/mol. The fourth-order valence-corrected chi connectivity index (χ4v) is 2.28. The highest BCUT2D eigenvalue weighted by Crippen LogP contribution is 2.31. The Labute approximate surface area is 135 Å². The van der Waals surface area contributed by atoms with E-state index in [1.54, 1.807) is 6.20 Å². The summed E-state index contributed by atoms with van der Waals surface area (Å²) in [6.07, 6.45) is 7.44. The highest BCUT2D eigenvalue weighted by molar-refractivity contribution is 6.10. The van der Waals surface area contributed by atoms with Crippen molar-refractivity contribution in [3.05, 3.63) is 35.1 Å². The van der Waals surface area contributed by atoms with Gasteiger partial charge in [0.2, 0.25) is 0 Å². The van der Waals surface area contributed by atoms with Crippen LogP contribution < -0.4 is 0 Å². The number of rotatable bonds is 5. The van der Waals surface area contributed by atoms with Gasteiger partial charge in [-0.3, -0.25) is 15.1 Å². The summed E-state index contributed by atoms with van der Waals surface area (Å²) in [7, 11) is 0. The largest absolute Gasteiger partial charge is 0.289 e. The summed E-state index contributed by atoms with van der Waals surface area (Å²) in [5.41, 5.74) is 2.23. The third kappa shape index (κ3) is 4.33. The number of carbonyl (C=O) groups is 1. The van der Waals surface area contributed by atoms with E-state index in [4.69, 9.17) is 0 Å². The molecule has 1 aliphatic carbocycles. The van der Waals surface area contributed by atoms with E-state index in [-0.39, 0.29) is 23.2 Å². The van der Waals surface area contributed by atoms with Crippen molar-refractivity contribution in [3.8, 4) is 0 Å². The normalized spacial score (nSPS) is 18.5. The fraction of sp³-hybridized carbons (Fsp3) is 0.632. The van der Waals surface area contributed by atoms with Crippen LogP contribution in [0.1, 0.15) is 61.3 Å². The van der Waals surface area contributed by atoms with Crippen LogP contribution >= 0.6 is 0 Å². The summed E-state index contributed by atoms with van der Waals surface area (Å²) in [6, 6.07) is 0. The molecule has 0 aromatic heterocycles. The van der Waals surface area contributed by atoms with Gasteiger partial charge >= 0.3 is 0 Å². The zero-order valence-electron chi connectivity index (χ0n) is 15.1. The molecular formula is C19H31NO2. The number of carbonyl (C=O) groups excluding carboxylic acids is 1. The third-order valence-electron chi connectivity index (χ3n) is 4.41. The number of nitrogens with zero attached hydrogens (tertiary/aromatic N) is 1. The number of hydroxylamine groups is 2. The highest BCUT2D eigenvalue weighted by Gasteiger charge is 2.27. The maximum Gasteiger partial charge on any atom is 0.185 e. The molecule has 124 valence electrons. The molecule has 0 amide bonds. The summed E-state index contributed by atoms with van der Waals surface area (Å²) in [5, 5.41) is 11.4. The predicted molar refractivity (Wildman–Crippen MR) is 91.5 cm³/mol. The number of Topliss-reactive ketones (excluding diaryl/α,β-unsaturated/α-hetero) is 1. The molecule has 1 rings (SSSR count). The summed E-state index contributed by atoms with van der Waals surface area (Å²) >= 11 is 0. The molecule has 1 aliphatic rings. The van der Waals surface area contributed by atoms with Gasteiger partial charge in [-0.05, 0) is 63.2 Å². The molecule has 0 fully saturated rings. The van der Waals surface area contributed by atoms with Crippen molar-refractivity contribution < 1.29 is 10.0 Å². The maximum absolute atomic E-state index is 12.7. The third-order valence-corrected chi connectivity index (χ3v) is 4.41. The number of hydrogen-bond acceptors (Lipinski definition) is 3. The van der Waals surface area contributed by atoms with E-state index in [2.05, 4.69) is 27.7 Å². The van der Waals surface area contributed by atoms with Gasteiger partial charge in [-0.2, -0.15) is 0 Å². The standard InChI is InChI=1S/C19H31NO2/c1-8-13(3)16-10-15(12-20(22)19(5,6)7)11-17(18(16)21)14(4)9-2/h10-14,22H,8-9H2,1-7H3. The summed E-state index contributed by atoms with van der Waals surface area (Å²) in [5.74, 6) is 0.622. The van der Waals surface area contributed by atoms with Gasteiger partial charge in [0.05, 0.1) is 5.54 Å². The molecular weight excluding hydrogens is 274 g/mol. The summed E-state index contributed by atoms with van der Waals surface area (Å²) in [4.78, 5) is 12.7. The summed E-state index contributed by atoms with van der Waals surface area (Å²) < 4.78 is 0. The lowest BCUT2D eigenvalue weighted by Gasteiger charge is -2.29. The topological polar surface area (TPSA) is 40.5 Å². The molecule has 2 unspecified atom stereocenters. The lowest BCUT2D eigenvalue weighted by molar-refractivity contribution is -0.113.